The normalized spacial score (nSPS) is 11.2. The van der Waals surface area contributed by atoms with Crippen molar-refractivity contribution < 1.29 is 14.3 Å². The standard InChI is InChI=1S/C10H15BrO3/c1-3-4-5-6-8(9(12)7-11)10(13)14-2/h6H,3-5,7H2,1-2H3/b8-6+. The summed E-state index contributed by atoms with van der Waals surface area (Å²) in [5.74, 6) is -0.779. The highest BCUT2D eigenvalue weighted by molar-refractivity contribution is 9.09. The van der Waals surface area contributed by atoms with Crippen molar-refractivity contribution >= 4 is 27.7 Å². The van der Waals surface area contributed by atoms with Crippen LogP contribution in [0.4, 0.5) is 0 Å². The molecule has 14 heavy (non-hydrogen) atoms. The highest BCUT2D eigenvalue weighted by atomic mass is 79.9. The van der Waals surface area contributed by atoms with Crippen molar-refractivity contribution in [3.8, 4) is 0 Å². The molecular weight excluding hydrogens is 248 g/mol. The van der Waals surface area contributed by atoms with Crippen LogP contribution in [0.15, 0.2) is 11.6 Å². The van der Waals surface area contributed by atoms with Crippen molar-refractivity contribution in [3.05, 3.63) is 11.6 Å². The quantitative estimate of drug-likeness (QED) is 0.184. The van der Waals surface area contributed by atoms with Gasteiger partial charge in [-0.1, -0.05) is 41.8 Å². The van der Waals surface area contributed by atoms with E-state index in [0.29, 0.717) is 0 Å². The zero-order chi connectivity index (χ0) is 11.0. The number of carbonyl (C=O) groups excluding carboxylic acids is 2. The van der Waals surface area contributed by atoms with Crippen molar-refractivity contribution in [1.82, 2.24) is 0 Å². The third-order valence-electron chi connectivity index (χ3n) is 1.73. The summed E-state index contributed by atoms with van der Waals surface area (Å²) in [7, 11) is 1.28. The van der Waals surface area contributed by atoms with Crippen molar-refractivity contribution in [1.29, 1.82) is 0 Å². The van der Waals surface area contributed by atoms with Gasteiger partial charge in [-0.25, -0.2) is 4.79 Å². The monoisotopic (exact) mass is 262 g/mol. The molecule has 0 bridgehead atoms. The first kappa shape index (κ1) is 13.4. The number of alkyl halides is 1. The molecule has 3 nitrogen and oxygen atoms in total. The minimum atomic E-state index is -0.550. The van der Waals surface area contributed by atoms with Crippen molar-refractivity contribution in [2.45, 2.75) is 26.2 Å². The molecule has 0 N–H and O–H groups in total. The van der Waals surface area contributed by atoms with Gasteiger partial charge in [0.05, 0.1) is 18.0 Å². The lowest BCUT2D eigenvalue weighted by atomic mass is 10.1. The molecule has 0 spiro atoms. The number of ketones is 1. The van der Waals surface area contributed by atoms with Crippen LogP contribution >= 0.6 is 15.9 Å². The lowest BCUT2D eigenvalue weighted by Gasteiger charge is -2.01. The summed E-state index contributed by atoms with van der Waals surface area (Å²) in [4.78, 5) is 22.5. The van der Waals surface area contributed by atoms with E-state index in [0.717, 1.165) is 19.3 Å². The summed E-state index contributed by atoms with van der Waals surface area (Å²) in [5, 5.41) is 0.153. The summed E-state index contributed by atoms with van der Waals surface area (Å²) in [5.41, 5.74) is 0.151. The second kappa shape index (κ2) is 7.74. The van der Waals surface area contributed by atoms with Gasteiger partial charge in [0.25, 0.3) is 0 Å². The van der Waals surface area contributed by atoms with Crippen LogP contribution in [0, 0.1) is 0 Å². The zero-order valence-corrected chi connectivity index (χ0v) is 10.1. The average molecular weight is 263 g/mol. The Morgan fingerprint density at radius 3 is 2.50 bits per heavy atom. The Hall–Kier alpha value is -0.640. The molecular formula is C10H15BrO3. The van der Waals surface area contributed by atoms with Crippen LogP contribution in [0.3, 0.4) is 0 Å². The fraction of sp³-hybridized carbons (Fsp3) is 0.600. The van der Waals surface area contributed by atoms with E-state index in [9.17, 15) is 9.59 Å². The molecule has 0 rings (SSSR count). The number of methoxy groups -OCH3 is 1. The number of carbonyl (C=O) groups is 2. The average Bonchev–Trinajstić information content (AvgIpc) is 2.22. The van der Waals surface area contributed by atoms with Crippen LogP contribution < -0.4 is 0 Å². The number of Topliss-reactive ketones (excluding diaryl/α,β-unsaturated/α-hetero) is 1. The summed E-state index contributed by atoms with van der Waals surface area (Å²) < 4.78 is 4.52. The van der Waals surface area contributed by atoms with Crippen LogP contribution in [0.5, 0.6) is 0 Å². The number of hydrogen-bond acceptors (Lipinski definition) is 3. The Kier molecular flexibility index (Phi) is 7.38. The van der Waals surface area contributed by atoms with Gasteiger partial charge in [0.15, 0.2) is 5.78 Å². The molecule has 0 aromatic heterocycles. The van der Waals surface area contributed by atoms with Gasteiger partial charge in [0, 0.05) is 0 Å². The number of allylic oxidation sites excluding steroid dienone is 1. The summed E-state index contributed by atoms with van der Waals surface area (Å²) >= 11 is 3.02. The lowest BCUT2D eigenvalue weighted by molar-refractivity contribution is -0.137. The van der Waals surface area contributed by atoms with E-state index >= 15 is 0 Å². The second-order valence-electron chi connectivity index (χ2n) is 2.81. The topological polar surface area (TPSA) is 43.4 Å². The first-order chi connectivity index (χ1) is 6.67. The first-order valence-electron chi connectivity index (χ1n) is 4.55. The van der Waals surface area contributed by atoms with E-state index in [4.69, 9.17) is 0 Å². The van der Waals surface area contributed by atoms with Gasteiger partial charge in [-0.15, -0.1) is 0 Å². The zero-order valence-electron chi connectivity index (χ0n) is 8.51. The fourth-order valence-electron chi connectivity index (χ4n) is 0.943. The van der Waals surface area contributed by atoms with Crippen LogP contribution in [0.1, 0.15) is 26.2 Å². The molecule has 0 aromatic carbocycles. The lowest BCUT2D eigenvalue weighted by Crippen LogP contribution is -2.15. The maximum absolute atomic E-state index is 11.3. The van der Waals surface area contributed by atoms with Crippen LogP contribution in [0.2, 0.25) is 0 Å². The molecule has 0 fully saturated rings. The molecule has 4 heteroatoms. The number of ether oxygens (including phenoxy) is 1. The van der Waals surface area contributed by atoms with Gasteiger partial charge >= 0.3 is 5.97 Å². The highest BCUT2D eigenvalue weighted by Gasteiger charge is 2.16. The van der Waals surface area contributed by atoms with Gasteiger partial charge in [-0.2, -0.15) is 0 Å². The molecule has 80 valence electrons. The minimum Gasteiger partial charge on any atom is -0.465 e. The number of halogens is 1. The van der Waals surface area contributed by atoms with Crippen LogP contribution in [0.25, 0.3) is 0 Å². The molecule has 0 amide bonds. The molecule has 0 atom stereocenters. The van der Waals surface area contributed by atoms with Crippen LogP contribution in [-0.2, 0) is 14.3 Å². The molecule has 0 heterocycles. The molecule has 0 aliphatic heterocycles. The smallest absolute Gasteiger partial charge is 0.341 e. The molecule has 0 saturated carbocycles. The van der Waals surface area contributed by atoms with E-state index in [1.54, 1.807) is 6.08 Å². The molecule has 0 saturated heterocycles. The van der Waals surface area contributed by atoms with Gasteiger partial charge in [-0.3, -0.25) is 4.79 Å². The van der Waals surface area contributed by atoms with E-state index < -0.39 is 5.97 Å². The van der Waals surface area contributed by atoms with E-state index in [2.05, 4.69) is 27.6 Å². The van der Waals surface area contributed by atoms with E-state index in [1.807, 2.05) is 0 Å². The predicted octanol–water partition coefficient (Wildman–Crippen LogP) is 2.24. The number of hydrogen-bond donors (Lipinski definition) is 0. The maximum Gasteiger partial charge on any atom is 0.341 e. The predicted molar refractivity (Wildman–Crippen MR) is 58.4 cm³/mol. The molecule has 0 aromatic rings. The highest BCUT2D eigenvalue weighted by Crippen LogP contribution is 2.06. The molecule has 0 aliphatic carbocycles. The van der Waals surface area contributed by atoms with Gasteiger partial charge in [-0.05, 0) is 6.42 Å². The Morgan fingerprint density at radius 2 is 2.07 bits per heavy atom. The Bertz CT molecular complexity index is 216. The van der Waals surface area contributed by atoms with Crippen molar-refractivity contribution in [2.24, 2.45) is 0 Å². The molecule has 0 radical (unpaired) electrons. The van der Waals surface area contributed by atoms with Gasteiger partial charge in [0.2, 0.25) is 0 Å². The van der Waals surface area contributed by atoms with Crippen molar-refractivity contribution in [3.63, 3.8) is 0 Å². The Labute approximate surface area is 92.6 Å². The van der Waals surface area contributed by atoms with Crippen LogP contribution in [-0.4, -0.2) is 24.2 Å². The van der Waals surface area contributed by atoms with E-state index in [1.165, 1.54) is 7.11 Å². The summed E-state index contributed by atoms with van der Waals surface area (Å²) in [6.07, 6.45) is 4.39. The summed E-state index contributed by atoms with van der Waals surface area (Å²) in [6.45, 7) is 2.05. The Morgan fingerprint density at radius 1 is 1.43 bits per heavy atom. The third kappa shape index (κ3) is 4.56. The summed E-state index contributed by atoms with van der Waals surface area (Å²) in [6, 6.07) is 0. The molecule has 0 aliphatic rings. The third-order valence-corrected chi connectivity index (χ3v) is 2.24. The van der Waals surface area contributed by atoms with Gasteiger partial charge in [0.1, 0.15) is 0 Å². The second-order valence-corrected chi connectivity index (χ2v) is 3.37. The SMILES string of the molecule is CCCC/C=C(\C(=O)CBr)C(=O)OC. The minimum absolute atomic E-state index is 0.151. The van der Waals surface area contributed by atoms with E-state index in [-0.39, 0.29) is 16.7 Å². The number of esters is 1. The maximum atomic E-state index is 11.3. The first-order valence-corrected chi connectivity index (χ1v) is 5.67. The van der Waals surface area contributed by atoms with Gasteiger partial charge < -0.3 is 4.74 Å². The number of unbranched alkanes of at least 4 members (excludes halogenated alkanes) is 2. The largest absolute Gasteiger partial charge is 0.465 e. The number of rotatable bonds is 6. The van der Waals surface area contributed by atoms with Crippen molar-refractivity contribution in [2.75, 3.05) is 12.4 Å². The fourth-order valence-corrected chi connectivity index (χ4v) is 1.25. The Balaban J connectivity index is 4.46. The molecule has 0 unspecified atom stereocenters.